The molecular formula is C25H28F6N2O5S2. The van der Waals surface area contributed by atoms with E-state index in [1.54, 1.807) is 0 Å². The Balaban J connectivity index is 1.52. The zero-order chi connectivity index (χ0) is 29.9. The van der Waals surface area contributed by atoms with E-state index < -0.39 is 87.4 Å². The third kappa shape index (κ3) is 5.68. The predicted octanol–water partition coefficient (Wildman–Crippen LogP) is 4.73. The summed E-state index contributed by atoms with van der Waals surface area (Å²) in [7, 11) is -8.49. The third-order valence-electron chi connectivity index (χ3n) is 7.82. The molecule has 2 aliphatic heterocycles. The molecule has 1 atom stereocenters. The summed E-state index contributed by atoms with van der Waals surface area (Å²) in [6.45, 7) is 2.75. The smallest absolute Gasteiger partial charge is 0.339 e. The van der Waals surface area contributed by atoms with Crippen LogP contribution in [0.4, 0.5) is 26.3 Å². The van der Waals surface area contributed by atoms with Crippen molar-refractivity contribution in [2.24, 2.45) is 10.9 Å². The van der Waals surface area contributed by atoms with Crippen molar-refractivity contribution < 1.29 is 48.0 Å². The molecule has 1 unspecified atom stereocenters. The van der Waals surface area contributed by atoms with Gasteiger partial charge in [-0.1, -0.05) is 12.1 Å². The third-order valence-corrected chi connectivity index (χ3v) is 12.6. The van der Waals surface area contributed by atoms with Gasteiger partial charge in [0.1, 0.15) is 0 Å². The lowest BCUT2D eigenvalue weighted by atomic mass is 9.85. The van der Waals surface area contributed by atoms with E-state index in [0.29, 0.717) is 6.07 Å². The molecule has 0 spiro atoms. The Labute approximate surface area is 228 Å². The van der Waals surface area contributed by atoms with Gasteiger partial charge in [-0.3, -0.25) is 9.79 Å². The van der Waals surface area contributed by atoms with E-state index in [2.05, 4.69) is 4.99 Å². The van der Waals surface area contributed by atoms with Gasteiger partial charge in [0.05, 0.1) is 26.0 Å². The Morgan fingerprint density at radius 2 is 1.55 bits per heavy atom. The maximum atomic E-state index is 13.4. The average Bonchev–Trinajstić information content (AvgIpc) is 3.73. The van der Waals surface area contributed by atoms with Crippen LogP contribution in [0.15, 0.2) is 45.8 Å². The number of halogens is 6. The second kappa shape index (κ2) is 10.1. The van der Waals surface area contributed by atoms with E-state index in [0.717, 1.165) is 24.3 Å². The number of likely N-dealkylation sites (tertiary alicyclic amines) is 1. The van der Waals surface area contributed by atoms with Crippen LogP contribution >= 0.6 is 0 Å². The lowest BCUT2D eigenvalue weighted by Gasteiger charge is -2.40. The number of piperidine rings is 1. The highest BCUT2D eigenvalue weighted by molar-refractivity contribution is 8.07. The Bertz CT molecular complexity index is 1450. The fourth-order valence-corrected chi connectivity index (χ4v) is 8.69. The summed E-state index contributed by atoms with van der Waals surface area (Å²) in [5.74, 6) is -1.38. The highest BCUT2D eigenvalue weighted by Gasteiger charge is 2.49. The SMILES string of the molecule is CC(C)(C1CCN(C(=O)C2=CCC(C(F)(F)F)N=C2S(=O)(=O)C2CC2)CC1)S(=O)(=O)c1cccc(C(F)(F)F)c1. The summed E-state index contributed by atoms with van der Waals surface area (Å²) < 4.78 is 131. The largest absolute Gasteiger partial charge is 0.416 e. The Morgan fingerprint density at radius 1 is 0.950 bits per heavy atom. The van der Waals surface area contributed by atoms with Gasteiger partial charge in [-0.25, -0.2) is 16.8 Å². The van der Waals surface area contributed by atoms with E-state index in [1.807, 2.05) is 0 Å². The number of dihydropyridines is 1. The van der Waals surface area contributed by atoms with Gasteiger partial charge in [0, 0.05) is 13.1 Å². The van der Waals surface area contributed by atoms with Crippen LogP contribution in [0.1, 0.15) is 51.5 Å². The lowest BCUT2D eigenvalue weighted by Crippen LogP contribution is -2.49. The molecule has 0 bridgehead atoms. The van der Waals surface area contributed by atoms with Crippen LogP contribution in [0.25, 0.3) is 0 Å². The van der Waals surface area contributed by atoms with Crippen LogP contribution in [-0.4, -0.2) is 68.0 Å². The van der Waals surface area contributed by atoms with Gasteiger partial charge in [-0.05, 0) is 70.1 Å². The van der Waals surface area contributed by atoms with Crippen molar-refractivity contribution in [3.8, 4) is 0 Å². The van der Waals surface area contributed by atoms with E-state index >= 15 is 0 Å². The maximum Gasteiger partial charge on any atom is 0.416 e. The molecule has 2 fully saturated rings. The fourth-order valence-electron chi connectivity index (χ4n) is 5.04. The topological polar surface area (TPSA) is 101 Å². The molecule has 1 saturated carbocycles. The molecule has 0 N–H and O–H groups in total. The number of rotatable bonds is 5. The lowest BCUT2D eigenvalue weighted by molar-refractivity contribution is -0.146. The molecule has 7 nitrogen and oxygen atoms in total. The number of carbonyl (C=O) groups is 1. The fraction of sp³-hybridized carbons (Fsp3) is 0.600. The van der Waals surface area contributed by atoms with Crippen LogP contribution in [-0.2, 0) is 30.6 Å². The van der Waals surface area contributed by atoms with Crippen LogP contribution < -0.4 is 0 Å². The van der Waals surface area contributed by atoms with Gasteiger partial charge in [0.25, 0.3) is 5.91 Å². The maximum absolute atomic E-state index is 13.4. The van der Waals surface area contributed by atoms with E-state index in [-0.39, 0.29) is 38.8 Å². The summed E-state index contributed by atoms with van der Waals surface area (Å²) in [5, 5.41) is -1.75. The number of sulfone groups is 2. The molecule has 1 saturated heterocycles. The van der Waals surface area contributed by atoms with Crippen LogP contribution in [0, 0.1) is 5.92 Å². The zero-order valence-corrected chi connectivity index (χ0v) is 23.2. The standard InChI is InChI=1S/C25H28F6N2O5S2/c1-23(2,40(37,38)18-5-3-4-16(14-18)24(26,27)28)15-10-12-33(13-11-15)22(34)19-8-9-20(25(29,30)31)32-21(19)39(35,36)17-6-7-17/h3-5,8,14-15,17,20H,6-7,9-13H2,1-2H3. The van der Waals surface area contributed by atoms with Crippen molar-refractivity contribution >= 4 is 30.6 Å². The molecule has 2 heterocycles. The van der Waals surface area contributed by atoms with Crippen molar-refractivity contribution in [2.75, 3.05) is 13.1 Å². The highest BCUT2D eigenvalue weighted by Crippen LogP contribution is 2.41. The second-order valence-corrected chi connectivity index (χ2v) is 15.5. The van der Waals surface area contributed by atoms with Crippen LogP contribution in [0.3, 0.4) is 0 Å². The quantitative estimate of drug-likeness (QED) is 0.447. The van der Waals surface area contributed by atoms with Crippen molar-refractivity contribution in [2.45, 2.75) is 79.2 Å². The van der Waals surface area contributed by atoms with Gasteiger partial charge in [-0.2, -0.15) is 26.3 Å². The molecule has 0 aromatic heterocycles. The molecule has 40 heavy (non-hydrogen) atoms. The second-order valence-electron chi connectivity index (χ2n) is 10.8. The highest BCUT2D eigenvalue weighted by atomic mass is 32.2. The normalized spacial score (nSPS) is 22.1. The number of aliphatic imine (C=N–C) groups is 1. The molecular weight excluding hydrogens is 586 g/mol. The first-order valence-electron chi connectivity index (χ1n) is 12.6. The Hall–Kier alpha value is -2.42. The van der Waals surface area contributed by atoms with Gasteiger partial charge >= 0.3 is 12.4 Å². The summed E-state index contributed by atoms with van der Waals surface area (Å²) in [6.07, 6.45) is -8.48. The van der Waals surface area contributed by atoms with E-state index in [4.69, 9.17) is 0 Å². The minimum atomic E-state index is -4.79. The summed E-state index contributed by atoms with van der Waals surface area (Å²) in [5.41, 5.74) is -1.52. The molecule has 1 aromatic rings. The molecule has 0 radical (unpaired) electrons. The molecule has 1 amide bonds. The van der Waals surface area contributed by atoms with E-state index in [9.17, 15) is 48.0 Å². The number of carbonyl (C=O) groups excluding carboxylic acids is 1. The van der Waals surface area contributed by atoms with Gasteiger partial charge in [0.15, 0.2) is 30.8 Å². The monoisotopic (exact) mass is 614 g/mol. The zero-order valence-electron chi connectivity index (χ0n) is 21.6. The van der Waals surface area contributed by atoms with E-state index in [1.165, 1.54) is 18.7 Å². The first kappa shape index (κ1) is 30.5. The van der Waals surface area contributed by atoms with Crippen molar-refractivity contribution in [3.05, 3.63) is 41.5 Å². The molecule has 1 aromatic carbocycles. The molecule has 4 rings (SSSR count). The van der Waals surface area contributed by atoms with Gasteiger partial charge in [0.2, 0.25) is 0 Å². The molecule has 222 valence electrons. The number of hydrogen-bond acceptors (Lipinski definition) is 6. The average molecular weight is 615 g/mol. The van der Waals surface area contributed by atoms with Crippen molar-refractivity contribution in [3.63, 3.8) is 0 Å². The number of benzene rings is 1. The number of amides is 1. The van der Waals surface area contributed by atoms with Crippen molar-refractivity contribution in [1.29, 1.82) is 0 Å². The Kier molecular flexibility index (Phi) is 7.74. The Morgan fingerprint density at radius 3 is 2.08 bits per heavy atom. The van der Waals surface area contributed by atoms with Crippen LogP contribution in [0.5, 0.6) is 0 Å². The summed E-state index contributed by atoms with van der Waals surface area (Å²) >= 11 is 0. The number of nitrogens with zero attached hydrogens (tertiary/aromatic N) is 2. The van der Waals surface area contributed by atoms with Crippen molar-refractivity contribution in [1.82, 2.24) is 4.90 Å². The molecule has 1 aliphatic carbocycles. The minimum Gasteiger partial charge on any atom is -0.339 e. The molecule has 3 aliphatic rings. The predicted molar refractivity (Wildman–Crippen MR) is 134 cm³/mol. The summed E-state index contributed by atoms with van der Waals surface area (Å²) in [6, 6.07) is 1.19. The number of alkyl halides is 6. The number of hydrogen-bond donors (Lipinski definition) is 0. The minimum absolute atomic E-state index is 0.0260. The van der Waals surface area contributed by atoms with Crippen LogP contribution in [0.2, 0.25) is 0 Å². The first-order chi connectivity index (χ1) is 18.3. The van der Waals surface area contributed by atoms with Gasteiger partial charge in [-0.15, -0.1) is 0 Å². The van der Waals surface area contributed by atoms with Gasteiger partial charge < -0.3 is 4.90 Å². The first-order valence-corrected chi connectivity index (χ1v) is 15.6. The molecule has 15 heteroatoms. The summed E-state index contributed by atoms with van der Waals surface area (Å²) in [4.78, 5) is 17.5.